The zero-order valence-corrected chi connectivity index (χ0v) is 10.8. The Morgan fingerprint density at radius 2 is 2.05 bits per heavy atom. The second-order valence-corrected chi connectivity index (χ2v) is 4.48. The van der Waals surface area contributed by atoms with Crippen LogP contribution < -0.4 is 4.74 Å². The zero-order chi connectivity index (χ0) is 13.4. The number of hydrogen-bond donors (Lipinski definition) is 1. The molecule has 96 valence electrons. The first-order chi connectivity index (χ1) is 9.19. The molecule has 0 saturated carbocycles. The van der Waals surface area contributed by atoms with Crippen LogP contribution in [0.4, 0.5) is 4.39 Å². The highest BCUT2D eigenvalue weighted by Gasteiger charge is 2.12. The van der Waals surface area contributed by atoms with E-state index in [9.17, 15) is 4.39 Å². The number of aromatic amines is 1. The van der Waals surface area contributed by atoms with Crippen molar-refractivity contribution < 1.29 is 9.13 Å². The predicted molar refractivity (Wildman–Crippen MR) is 73.0 cm³/mol. The fourth-order valence-corrected chi connectivity index (χ4v) is 2.20. The van der Waals surface area contributed by atoms with Crippen LogP contribution in [0, 0.1) is 5.82 Å². The summed E-state index contributed by atoms with van der Waals surface area (Å²) in [6, 6.07) is 9.91. The van der Waals surface area contributed by atoms with Crippen LogP contribution in [0.3, 0.4) is 0 Å². The van der Waals surface area contributed by atoms with Gasteiger partial charge in [0.15, 0.2) is 0 Å². The number of imidazole rings is 1. The topological polar surface area (TPSA) is 37.9 Å². The minimum absolute atomic E-state index is 0.329. The first kappa shape index (κ1) is 12.0. The molecule has 0 aliphatic rings. The number of fused-ring (bicyclic) bond motifs is 1. The van der Waals surface area contributed by atoms with E-state index >= 15 is 0 Å². The van der Waals surface area contributed by atoms with Gasteiger partial charge in [-0.05, 0) is 12.1 Å². The molecular weight excluding hydrogens is 267 g/mol. The Bertz CT molecular complexity index is 754. The number of nitrogens with one attached hydrogen (secondary N) is 1. The van der Waals surface area contributed by atoms with Crippen molar-refractivity contribution in [3.63, 3.8) is 0 Å². The van der Waals surface area contributed by atoms with E-state index in [-0.39, 0.29) is 5.82 Å². The standard InChI is InChI=1S/C14H10ClFN2O/c1-19-8-6-10(15)13-12(7-8)17-14(18-13)9-4-2-3-5-11(9)16/h2-7H,1H3,(H,17,18). The van der Waals surface area contributed by atoms with Crippen molar-refractivity contribution in [2.45, 2.75) is 0 Å². The van der Waals surface area contributed by atoms with Crippen molar-refractivity contribution >= 4 is 22.6 Å². The number of ether oxygens (including phenoxy) is 1. The molecule has 19 heavy (non-hydrogen) atoms. The lowest BCUT2D eigenvalue weighted by Crippen LogP contribution is -1.84. The molecule has 1 heterocycles. The monoisotopic (exact) mass is 276 g/mol. The molecule has 1 aromatic heterocycles. The SMILES string of the molecule is COc1cc(Cl)c2nc(-c3ccccc3F)[nH]c2c1. The van der Waals surface area contributed by atoms with Crippen LogP contribution in [0.25, 0.3) is 22.4 Å². The molecule has 0 unspecified atom stereocenters. The van der Waals surface area contributed by atoms with Crippen LogP contribution in [-0.4, -0.2) is 17.1 Å². The van der Waals surface area contributed by atoms with Gasteiger partial charge in [-0.1, -0.05) is 23.7 Å². The van der Waals surface area contributed by atoms with E-state index in [1.54, 1.807) is 37.4 Å². The van der Waals surface area contributed by atoms with Crippen molar-refractivity contribution in [2.24, 2.45) is 0 Å². The summed E-state index contributed by atoms with van der Waals surface area (Å²) in [6.45, 7) is 0. The normalized spacial score (nSPS) is 10.9. The Morgan fingerprint density at radius 1 is 1.26 bits per heavy atom. The lowest BCUT2D eigenvalue weighted by molar-refractivity contribution is 0.415. The van der Waals surface area contributed by atoms with Crippen LogP contribution >= 0.6 is 11.6 Å². The third-order valence-electron chi connectivity index (χ3n) is 2.88. The van der Waals surface area contributed by atoms with Crippen molar-refractivity contribution in [2.75, 3.05) is 7.11 Å². The molecular formula is C14H10ClFN2O. The molecule has 0 aliphatic carbocycles. The fourth-order valence-electron chi connectivity index (χ4n) is 1.95. The van der Waals surface area contributed by atoms with E-state index in [0.717, 1.165) is 0 Å². The molecule has 0 amide bonds. The smallest absolute Gasteiger partial charge is 0.141 e. The number of benzene rings is 2. The van der Waals surface area contributed by atoms with E-state index in [1.165, 1.54) is 6.07 Å². The highest BCUT2D eigenvalue weighted by atomic mass is 35.5. The van der Waals surface area contributed by atoms with Crippen LogP contribution in [-0.2, 0) is 0 Å². The van der Waals surface area contributed by atoms with E-state index in [2.05, 4.69) is 9.97 Å². The molecule has 2 aromatic carbocycles. The lowest BCUT2D eigenvalue weighted by Gasteiger charge is -1.99. The molecule has 0 radical (unpaired) electrons. The number of H-pyrrole nitrogens is 1. The Balaban J connectivity index is 2.22. The van der Waals surface area contributed by atoms with Gasteiger partial charge in [0.1, 0.15) is 22.9 Å². The quantitative estimate of drug-likeness (QED) is 0.767. The third kappa shape index (κ3) is 2.04. The average Bonchev–Trinajstić information content (AvgIpc) is 2.83. The Kier molecular flexibility index (Phi) is 2.87. The van der Waals surface area contributed by atoms with Crippen LogP contribution in [0.15, 0.2) is 36.4 Å². The summed E-state index contributed by atoms with van der Waals surface area (Å²) in [5, 5.41) is 0.466. The van der Waals surface area contributed by atoms with E-state index < -0.39 is 0 Å². The third-order valence-corrected chi connectivity index (χ3v) is 3.17. The van der Waals surface area contributed by atoms with Crippen molar-refractivity contribution in [3.8, 4) is 17.1 Å². The molecule has 0 aliphatic heterocycles. The van der Waals surface area contributed by atoms with Gasteiger partial charge < -0.3 is 9.72 Å². The minimum atomic E-state index is -0.329. The van der Waals surface area contributed by atoms with E-state index in [0.29, 0.717) is 33.2 Å². The number of methoxy groups -OCH3 is 1. The molecule has 3 nitrogen and oxygen atoms in total. The molecule has 0 bridgehead atoms. The number of nitrogens with zero attached hydrogens (tertiary/aromatic N) is 1. The maximum atomic E-state index is 13.7. The van der Waals surface area contributed by atoms with Gasteiger partial charge in [0, 0.05) is 12.1 Å². The fraction of sp³-hybridized carbons (Fsp3) is 0.0714. The second-order valence-electron chi connectivity index (χ2n) is 4.07. The molecule has 1 N–H and O–H groups in total. The summed E-state index contributed by atoms with van der Waals surface area (Å²) in [5.74, 6) is 0.745. The number of aromatic nitrogens is 2. The summed E-state index contributed by atoms with van der Waals surface area (Å²) in [6.07, 6.45) is 0. The van der Waals surface area contributed by atoms with Gasteiger partial charge in [-0.15, -0.1) is 0 Å². The highest BCUT2D eigenvalue weighted by Crippen LogP contribution is 2.30. The first-order valence-corrected chi connectivity index (χ1v) is 6.05. The van der Waals surface area contributed by atoms with E-state index in [1.807, 2.05) is 0 Å². The summed E-state index contributed by atoms with van der Waals surface area (Å²) in [7, 11) is 1.56. The lowest BCUT2D eigenvalue weighted by atomic mass is 10.2. The first-order valence-electron chi connectivity index (χ1n) is 5.67. The summed E-state index contributed by atoms with van der Waals surface area (Å²) < 4.78 is 18.9. The van der Waals surface area contributed by atoms with Gasteiger partial charge >= 0.3 is 0 Å². The van der Waals surface area contributed by atoms with Gasteiger partial charge in [-0.3, -0.25) is 0 Å². The zero-order valence-electron chi connectivity index (χ0n) is 10.1. The molecule has 5 heteroatoms. The summed E-state index contributed by atoms with van der Waals surface area (Å²) in [4.78, 5) is 7.39. The molecule has 0 atom stereocenters. The Hall–Kier alpha value is -2.07. The van der Waals surface area contributed by atoms with Crippen molar-refractivity contribution in [1.82, 2.24) is 9.97 Å². The Labute approximate surface area is 114 Å². The number of rotatable bonds is 2. The highest BCUT2D eigenvalue weighted by molar-refractivity contribution is 6.35. The van der Waals surface area contributed by atoms with Crippen LogP contribution in [0.5, 0.6) is 5.75 Å². The maximum absolute atomic E-state index is 13.7. The molecule has 0 spiro atoms. The van der Waals surface area contributed by atoms with Crippen LogP contribution in [0.1, 0.15) is 0 Å². The minimum Gasteiger partial charge on any atom is -0.497 e. The largest absolute Gasteiger partial charge is 0.497 e. The van der Waals surface area contributed by atoms with Gasteiger partial charge in [-0.2, -0.15) is 0 Å². The van der Waals surface area contributed by atoms with Crippen LogP contribution in [0.2, 0.25) is 5.02 Å². The Morgan fingerprint density at radius 3 is 2.79 bits per heavy atom. The van der Waals surface area contributed by atoms with Gasteiger partial charge in [0.05, 0.1) is 23.2 Å². The summed E-state index contributed by atoms with van der Waals surface area (Å²) in [5.41, 5.74) is 1.72. The second kappa shape index (κ2) is 4.55. The molecule has 0 fully saturated rings. The van der Waals surface area contributed by atoms with E-state index in [4.69, 9.17) is 16.3 Å². The van der Waals surface area contributed by atoms with Gasteiger partial charge in [0.25, 0.3) is 0 Å². The predicted octanol–water partition coefficient (Wildman–Crippen LogP) is 4.03. The maximum Gasteiger partial charge on any atom is 0.141 e. The van der Waals surface area contributed by atoms with Gasteiger partial charge in [0.2, 0.25) is 0 Å². The van der Waals surface area contributed by atoms with Gasteiger partial charge in [-0.25, -0.2) is 9.37 Å². The number of hydrogen-bond acceptors (Lipinski definition) is 2. The average molecular weight is 277 g/mol. The van der Waals surface area contributed by atoms with Crippen molar-refractivity contribution in [3.05, 3.63) is 47.2 Å². The van der Waals surface area contributed by atoms with Crippen molar-refractivity contribution in [1.29, 1.82) is 0 Å². The molecule has 3 rings (SSSR count). The number of halogens is 2. The molecule has 3 aromatic rings. The summed E-state index contributed by atoms with van der Waals surface area (Å²) >= 11 is 6.13. The molecule has 0 saturated heterocycles.